The second kappa shape index (κ2) is 6.00. The Balaban J connectivity index is 2.64. The standard InChI is InChI=1S/C12H21NO4/c1-3-12(4-2,8-10(14)15)13-11(16)9-6-5-7-17-9/h9H,3-8H2,1-2H3,(H,13,16)(H,14,15)/t9-/m0/s1. The fourth-order valence-electron chi connectivity index (χ4n) is 2.14. The van der Waals surface area contributed by atoms with Gasteiger partial charge in [0.15, 0.2) is 0 Å². The molecule has 2 N–H and O–H groups in total. The summed E-state index contributed by atoms with van der Waals surface area (Å²) >= 11 is 0. The number of hydrogen-bond donors (Lipinski definition) is 2. The molecule has 1 amide bonds. The highest BCUT2D eigenvalue weighted by Crippen LogP contribution is 2.21. The lowest BCUT2D eigenvalue weighted by Crippen LogP contribution is -2.52. The van der Waals surface area contributed by atoms with E-state index in [-0.39, 0.29) is 12.3 Å². The van der Waals surface area contributed by atoms with Gasteiger partial charge in [-0.2, -0.15) is 0 Å². The molecule has 17 heavy (non-hydrogen) atoms. The highest BCUT2D eigenvalue weighted by Gasteiger charge is 2.34. The SMILES string of the molecule is CCC(CC)(CC(=O)O)NC(=O)[C@@H]1CCCO1. The van der Waals surface area contributed by atoms with Crippen molar-refractivity contribution in [1.82, 2.24) is 5.32 Å². The lowest BCUT2D eigenvalue weighted by molar-refractivity contribution is -0.140. The number of carboxylic acid groups (broad SMARTS) is 1. The van der Waals surface area contributed by atoms with E-state index < -0.39 is 17.6 Å². The fourth-order valence-corrected chi connectivity index (χ4v) is 2.14. The minimum atomic E-state index is -0.888. The van der Waals surface area contributed by atoms with Crippen LogP contribution in [0.15, 0.2) is 0 Å². The summed E-state index contributed by atoms with van der Waals surface area (Å²) in [6.07, 6.45) is 2.38. The van der Waals surface area contributed by atoms with Crippen molar-refractivity contribution in [2.24, 2.45) is 0 Å². The molecule has 0 aromatic rings. The largest absolute Gasteiger partial charge is 0.481 e. The number of amides is 1. The van der Waals surface area contributed by atoms with Crippen molar-refractivity contribution in [2.45, 2.75) is 57.6 Å². The maximum Gasteiger partial charge on any atom is 0.305 e. The number of carbonyl (C=O) groups excluding carboxylic acids is 1. The molecule has 1 saturated heterocycles. The van der Waals surface area contributed by atoms with Crippen molar-refractivity contribution in [3.8, 4) is 0 Å². The molecule has 0 aromatic heterocycles. The number of aliphatic carboxylic acids is 1. The Morgan fingerprint density at radius 2 is 2.06 bits per heavy atom. The zero-order valence-electron chi connectivity index (χ0n) is 10.5. The average Bonchev–Trinajstić information content (AvgIpc) is 2.80. The predicted molar refractivity (Wildman–Crippen MR) is 62.7 cm³/mol. The van der Waals surface area contributed by atoms with Gasteiger partial charge in [0.05, 0.1) is 12.0 Å². The van der Waals surface area contributed by atoms with Gasteiger partial charge in [-0.1, -0.05) is 13.8 Å². The topological polar surface area (TPSA) is 75.6 Å². The van der Waals surface area contributed by atoms with Crippen LogP contribution >= 0.6 is 0 Å². The first-order valence-corrected chi connectivity index (χ1v) is 6.18. The van der Waals surface area contributed by atoms with Crippen LogP contribution in [0, 0.1) is 0 Å². The van der Waals surface area contributed by atoms with Crippen molar-refractivity contribution in [3.63, 3.8) is 0 Å². The van der Waals surface area contributed by atoms with Crippen LogP contribution in [-0.2, 0) is 14.3 Å². The van der Waals surface area contributed by atoms with Gasteiger partial charge in [0.2, 0.25) is 5.91 Å². The molecule has 1 rings (SSSR count). The van der Waals surface area contributed by atoms with E-state index in [0.717, 1.165) is 12.8 Å². The smallest absolute Gasteiger partial charge is 0.305 e. The van der Waals surface area contributed by atoms with Crippen molar-refractivity contribution in [1.29, 1.82) is 0 Å². The second-order valence-corrected chi connectivity index (χ2v) is 4.55. The predicted octanol–water partition coefficient (Wildman–Crippen LogP) is 1.32. The molecule has 1 aliphatic heterocycles. The molecular formula is C12H21NO4. The zero-order valence-corrected chi connectivity index (χ0v) is 10.5. The summed E-state index contributed by atoms with van der Waals surface area (Å²) in [4.78, 5) is 22.8. The number of carboxylic acids is 1. The summed E-state index contributed by atoms with van der Waals surface area (Å²) in [6, 6.07) is 0. The third-order valence-corrected chi connectivity index (χ3v) is 3.45. The summed E-state index contributed by atoms with van der Waals surface area (Å²) in [7, 11) is 0. The van der Waals surface area contributed by atoms with E-state index in [2.05, 4.69) is 5.32 Å². The molecule has 0 bridgehead atoms. The van der Waals surface area contributed by atoms with Crippen LogP contribution in [-0.4, -0.2) is 35.2 Å². The summed E-state index contributed by atoms with van der Waals surface area (Å²) in [6.45, 7) is 4.40. The molecule has 0 radical (unpaired) electrons. The zero-order chi connectivity index (χ0) is 12.9. The highest BCUT2D eigenvalue weighted by molar-refractivity contribution is 5.82. The van der Waals surface area contributed by atoms with Gasteiger partial charge in [-0.25, -0.2) is 0 Å². The van der Waals surface area contributed by atoms with Gasteiger partial charge in [-0.15, -0.1) is 0 Å². The van der Waals surface area contributed by atoms with Gasteiger partial charge in [0, 0.05) is 6.61 Å². The Hall–Kier alpha value is -1.10. The van der Waals surface area contributed by atoms with Gasteiger partial charge >= 0.3 is 5.97 Å². The van der Waals surface area contributed by atoms with Crippen LogP contribution in [0.1, 0.15) is 46.0 Å². The Bertz CT molecular complexity index is 280. The maximum absolute atomic E-state index is 11.9. The van der Waals surface area contributed by atoms with E-state index in [0.29, 0.717) is 19.4 Å². The number of hydrogen-bond acceptors (Lipinski definition) is 3. The lowest BCUT2D eigenvalue weighted by Gasteiger charge is -2.32. The molecule has 98 valence electrons. The normalized spacial score (nSPS) is 20.2. The summed E-state index contributed by atoms with van der Waals surface area (Å²) in [5, 5.41) is 11.8. The van der Waals surface area contributed by atoms with Crippen molar-refractivity contribution < 1.29 is 19.4 Å². The molecule has 0 spiro atoms. The summed E-state index contributed by atoms with van der Waals surface area (Å²) in [5.74, 6) is -1.06. The monoisotopic (exact) mass is 243 g/mol. The van der Waals surface area contributed by atoms with E-state index in [4.69, 9.17) is 9.84 Å². The number of ether oxygens (including phenoxy) is 1. The molecular weight excluding hydrogens is 222 g/mol. The molecule has 1 heterocycles. The Morgan fingerprint density at radius 3 is 2.47 bits per heavy atom. The second-order valence-electron chi connectivity index (χ2n) is 4.55. The molecule has 5 nitrogen and oxygen atoms in total. The molecule has 1 atom stereocenters. The average molecular weight is 243 g/mol. The first-order valence-electron chi connectivity index (χ1n) is 6.18. The molecule has 1 aliphatic rings. The van der Waals surface area contributed by atoms with Crippen molar-refractivity contribution in [2.75, 3.05) is 6.61 Å². The molecule has 0 aliphatic carbocycles. The van der Waals surface area contributed by atoms with E-state index in [9.17, 15) is 9.59 Å². The minimum Gasteiger partial charge on any atom is -0.481 e. The van der Waals surface area contributed by atoms with Crippen LogP contribution < -0.4 is 5.32 Å². The van der Waals surface area contributed by atoms with E-state index in [1.54, 1.807) is 0 Å². The van der Waals surface area contributed by atoms with E-state index in [1.165, 1.54) is 0 Å². The Labute approximate surface area is 102 Å². The quantitative estimate of drug-likeness (QED) is 0.737. The van der Waals surface area contributed by atoms with Crippen LogP contribution in [0.25, 0.3) is 0 Å². The molecule has 5 heteroatoms. The number of carbonyl (C=O) groups is 2. The van der Waals surface area contributed by atoms with Gasteiger partial charge < -0.3 is 15.2 Å². The molecule has 1 fully saturated rings. The lowest BCUT2D eigenvalue weighted by atomic mass is 9.88. The Kier molecular flexibility index (Phi) is 4.93. The summed E-state index contributed by atoms with van der Waals surface area (Å²) < 4.78 is 5.30. The van der Waals surface area contributed by atoms with E-state index >= 15 is 0 Å². The highest BCUT2D eigenvalue weighted by atomic mass is 16.5. The van der Waals surface area contributed by atoms with Crippen molar-refractivity contribution >= 4 is 11.9 Å². The number of nitrogens with one attached hydrogen (secondary N) is 1. The Morgan fingerprint density at radius 1 is 1.41 bits per heavy atom. The molecule has 0 saturated carbocycles. The van der Waals surface area contributed by atoms with Crippen LogP contribution in [0.4, 0.5) is 0 Å². The van der Waals surface area contributed by atoms with Crippen LogP contribution in [0.3, 0.4) is 0 Å². The minimum absolute atomic E-state index is 0.0432. The fraction of sp³-hybridized carbons (Fsp3) is 0.833. The first-order chi connectivity index (χ1) is 8.03. The maximum atomic E-state index is 11.9. The van der Waals surface area contributed by atoms with Crippen LogP contribution in [0.2, 0.25) is 0 Å². The first kappa shape index (κ1) is 14.0. The van der Waals surface area contributed by atoms with E-state index in [1.807, 2.05) is 13.8 Å². The van der Waals surface area contributed by atoms with Gasteiger partial charge in [0.25, 0.3) is 0 Å². The molecule has 0 unspecified atom stereocenters. The van der Waals surface area contributed by atoms with Gasteiger partial charge in [0.1, 0.15) is 6.10 Å². The van der Waals surface area contributed by atoms with Gasteiger partial charge in [-0.3, -0.25) is 9.59 Å². The third-order valence-electron chi connectivity index (χ3n) is 3.45. The van der Waals surface area contributed by atoms with Crippen LogP contribution in [0.5, 0.6) is 0 Å². The van der Waals surface area contributed by atoms with Gasteiger partial charge in [-0.05, 0) is 25.7 Å². The molecule has 0 aromatic carbocycles. The summed E-state index contributed by atoms with van der Waals surface area (Å²) in [5.41, 5.74) is -0.644. The number of rotatable bonds is 6. The third kappa shape index (κ3) is 3.70. The van der Waals surface area contributed by atoms with Crippen molar-refractivity contribution in [3.05, 3.63) is 0 Å².